The summed E-state index contributed by atoms with van der Waals surface area (Å²) in [5, 5.41) is 12.4. The van der Waals surface area contributed by atoms with E-state index in [1.165, 1.54) is 0 Å². The molecule has 10 heteroatoms. The van der Waals surface area contributed by atoms with Gasteiger partial charge in [-0.2, -0.15) is 0 Å². The summed E-state index contributed by atoms with van der Waals surface area (Å²) in [6.45, 7) is 9.80. The topological polar surface area (TPSA) is 112 Å². The van der Waals surface area contributed by atoms with Crippen molar-refractivity contribution in [3.8, 4) is 11.4 Å². The van der Waals surface area contributed by atoms with E-state index in [1.54, 1.807) is 18.7 Å². The molecule has 10 nitrogen and oxygen atoms in total. The third-order valence-corrected chi connectivity index (χ3v) is 5.72. The SMILES string of the molecule is CCn1c(-c2cnc(C)nc2)nc2c(NC3CCc4nnc(C(C)C)n4C3)ncnc21. The second-order valence-electron chi connectivity index (χ2n) is 8.21. The summed E-state index contributed by atoms with van der Waals surface area (Å²) in [5.41, 5.74) is 2.43. The highest BCUT2D eigenvalue weighted by atomic mass is 15.3. The Morgan fingerprint density at radius 3 is 2.68 bits per heavy atom. The summed E-state index contributed by atoms with van der Waals surface area (Å²) in [5.74, 6) is 4.71. The number of aromatic nitrogens is 9. The molecule has 160 valence electrons. The molecule has 0 spiro atoms. The minimum absolute atomic E-state index is 0.219. The minimum atomic E-state index is 0.219. The Balaban J connectivity index is 1.49. The zero-order valence-corrected chi connectivity index (χ0v) is 18.2. The fourth-order valence-electron chi connectivity index (χ4n) is 4.16. The summed E-state index contributed by atoms with van der Waals surface area (Å²) in [4.78, 5) is 22.6. The average molecular weight is 419 g/mol. The molecular weight excluding hydrogens is 392 g/mol. The van der Waals surface area contributed by atoms with Gasteiger partial charge in [0.25, 0.3) is 0 Å². The summed E-state index contributed by atoms with van der Waals surface area (Å²) < 4.78 is 4.32. The van der Waals surface area contributed by atoms with E-state index >= 15 is 0 Å². The van der Waals surface area contributed by atoms with Gasteiger partial charge < -0.3 is 14.5 Å². The van der Waals surface area contributed by atoms with E-state index in [-0.39, 0.29) is 6.04 Å². The molecular formula is C21H26N10. The maximum atomic E-state index is 4.89. The zero-order chi connectivity index (χ0) is 21.5. The quantitative estimate of drug-likeness (QED) is 0.526. The number of nitrogens with zero attached hydrogens (tertiary/aromatic N) is 9. The predicted molar refractivity (Wildman–Crippen MR) is 117 cm³/mol. The van der Waals surface area contributed by atoms with Crippen LogP contribution in [0.4, 0.5) is 5.82 Å². The summed E-state index contributed by atoms with van der Waals surface area (Å²) in [7, 11) is 0. The van der Waals surface area contributed by atoms with Gasteiger partial charge in [-0.15, -0.1) is 10.2 Å². The number of hydrogen-bond donors (Lipinski definition) is 1. The van der Waals surface area contributed by atoms with Crippen LogP contribution in [0.25, 0.3) is 22.6 Å². The van der Waals surface area contributed by atoms with Gasteiger partial charge in [-0.25, -0.2) is 24.9 Å². The molecule has 4 aromatic rings. The molecule has 0 amide bonds. The first-order valence-electron chi connectivity index (χ1n) is 10.7. The largest absolute Gasteiger partial charge is 0.364 e. The first-order valence-corrected chi connectivity index (χ1v) is 10.7. The van der Waals surface area contributed by atoms with Crippen LogP contribution in [0.2, 0.25) is 0 Å². The third kappa shape index (κ3) is 3.41. The fraction of sp³-hybridized carbons (Fsp3) is 0.476. The molecule has 1 aliphatic rings. The van der Waals surface area contributed by atoms with Crippen LogP contribution in [-0.4, -0.2) is 50.3 Å². The Kier molecular flexibility index (Phi) is 4.84. The van der Waals surface area contributed by atoms with E-state index in [0.29, 0.717) is 5.92 Å². The van der Waals surface area contributed by atoms with Crippen LogP contribution in [0.1, 0.15) is 50.6 Å². The van der Waals surface area contributed by atoms with Crippen LogP contribution in [-0.2, 0) is 19.5 Å². The number of fused-ring (bicyclic) bond motifs is 2. The molecule has 1 N–H and O–H groups in total. The normalized spacial score (nSPS) is 16.1. The Bertz CT molecular complexity index is 1220. The number of aryl methyl sites for hydroxylation is 3. The van der Waals surface area contributed by atoms with E-state index in [4.69, 9.17) is 4.98 Å². The van der Waals surface area contributed by atoms with Crippen LogP contribution < -0.4 is 5.32 Å². The van der Waals surface area contributed by atoms with Crippen LogP contribution in [0, 0.1) is 6.92 Å². The number of hydrogen-bond acceptors (Lipinski definition) is 8. The Labute approximate surface area is 180 Å². The van der Waals surface area contributed by atoms with Crippen molar-refractivity contribution in [2.24, 2.45) is 0 Å². The lowest BCUT2D eigenvalue weighted by atomic mass is 10.1. The molecule has 4 aromatic heterocycles. The maximum Gasteiger partial charge on any atom is 0.165 e. The molecule has 0 saturated carbocycles. The molecule has 5 rings (SSSR count). The number of rotatable bonds is 5. The first kappa shape index (κ1) is 19.5. The average Bonchev–Trinajstić information content (AvgIpc) is 3.36. The highest BCUT2D eigenvalue weighted by Gasteiger charge is 2.25. The van der Waals surface area contributed by atoms with Gasteiger partial charge in [0.05, 0.1) is 5.56 Å². The van der Waals surface area contributed by atoms with Crippen LogP contribution in [0.5, 0.6) is 0 Å². The van der Waals surface area contributed by atoms with Gasteiger partial charge in [-0.1, -0.05) is 13.8 Å². The molecule has 5 heterocycles. The minimum Gasteiger partial charge on any atom is -0.364 e. The van der Waals surface area contributed by atoms with Crippen molar-refractivity contribution in [3.63, 3.8) is 0 Å². The van der Waals surface area contributed by atoms with Gasteiger partial charge in [0.1, 0.15) is 29.6 Å². The fourth-order valence-corrected chi connectivity index (χ4v) is 4.16. The molecule has 1 aliphatic heterocycles. The van der Waals surface area contributed by atoms with Gasteiger partial charge in [-0.05, 0) is 20.3 Å². The van der Waals surface area contributed by atoms with Gasteiger partial charge in [0.2, 0.25) is 0 Å². The maximum absolute atomic E-state index is 4.89. The van der Waals surface area contributed by atoms with Crippen molar-refractivity contribution >= 4 is 17.0 Å². The van der Waals surface area contributed by atoms with Crippen LogP contribution in [0.3, 0.4) is 0 Å². The standard InChI is InChI=1S/C21H26N10/c1-5-30-20(14-8-22-13(4)23-9-14)27-17-18(24-11-25-21(17)30)26-15-6-7-16-28-29-19(12(2)3)31(16)10-15/h8-9,11-12,15H,5-7,10H2,1-4H3,(H,24,25,26). The molecule has 0 saturated heterocycles. The van der Waals surface area contributed by atoms with Crippen molar-refractivity contribution in [1.82, 2.24) is 44.3 Å². The van der Waals surface area contributed by atoms with Gasteiger partial charge in [0, 0.05) is 43.9 Å². The van der Waals surface area contributed by atoms with E-state index in [9.17, 15) is 0 Å². The molecule has 0 fully saturated rings. The summed E-state index contributed by atoms with van der Waals surface area (Å²) >= 11 is 0. The van der Waals surface area contributed by atoms with Gasteiger partial charge in [0.15, 0.2) is 17.0 Å². The van der Waals surface area contributed by atoms with E-state index in [2.05, 4.69) is 65.4 Å². The second kappa shape index (κ2) is 7.68. The molecule has 0 bridgehead atoms. The van der Waals surface area contributed by atoms with Crippen molar-refractivity contribution in [2.75, 3.05) is 5.32 Å². The second-order valence-corrected chi connectivity index (χ2v) is 8.21. The van der Waals surface area contributed by atoms with Crippen molar-refractivity contribution in [2.45, 2.75) is 65.6 Å². The molecule has 0 aliphatic carbocycles. The highest BCUT2D eigenvalue weighted by Crippen LogP contribution is 2.28. The Morgan fingerprint density at radius 2 is 1.94 bits per heavy atom. The Morgan fingerprint density at radius 1 is 1.13 bits per heavy atom. The lowest BCUT2D eigenvalue weighted by Crippen LogP contribution is -2.32. The molecule has 1 atom stereocenters. The van der Waals surface area contributed by atoms with Crippen LogP contribution >= 0.6 is 0 Å². The van der Waals surface area contributed by atoms with Gasteiger partial charge >= 0.3 is 0 Å². The number of imidazole rings is 1. The summed E-state index contributed by atoms with van der Waals surface area (Å²) in [6.07, 6.45) is 7.06. The van der Waals surface area contributed by atoms with E-state index in [1.807, 2.05) is 6.92 Å². The lowest BCUT2D eigenvalue weighted by molar-refractivity contribution is 0.459. The number of nitrogens with one attached hydrogen (secondary N) is 1. The molecule has 0 radical (unpaired) electrons. The Hall–Kier alpha value is -3.43. The van der Waals surface area contributed by atoms with E-state index < -0.39 is 0 Å². The molecule has 0 aromatic carbocycles. The molecule has 1 unspecified atom stereocenters. The predicted octanol–water partition coefficient (Wildman–Crippen LogP) is 2.75. The summed E-state index contributed by atoms with van der Waals surface area (Å²) in [6, 6.07) is 0.219. The van der Waals surface area contributed by atoms with Crippen LogP contribution in [0.15, 0.2) is 18.7 Å². The van der Waals surface area contributed by atoms with Gasteiger partial charge in [-0.3, -0.25) is 0 Å². The van der Waals surface area contributed by atoms with Crippen molar-refractivity contribution in [3.05, 3.63) is 36.2 Å². The molecule has 31 heavy (non-hydrogen) atoms. The lowest BCUT2D eigenvalue weighted by Gasteiger charge is -2.26. The van der Waals surface area contributed by atoms with Crippen molar-refractivity contribution < 1.29 is 0 Å². The van der Waals surface area contributed by atoms with E-state index in [0.717, 1.165) is 71.8 Å². The third-order valence-electron chi connectivity index (χ3n) is 5.72. The smallest absolute Gasteiger partial charge is 0.165 e. The van der Waals surface area contributed by atoms with Crippen molar-refractivity contribution in [1.29, 1.82) is 0 Å². The monoisotopic (exact) mass is 418 g/mol. The zero-order valence-electron chi connectivity index (χ0n) is 18.2. The number of anilines is 1. The first-order chi connectivity index (χ1) is 15.0. The highest BCUT2D eigenvalue weighted by molar-refractivity contribution is 5.86.